The molecule has 5 heteroatoms. The molecule has 1 heterocycles. The lowest BCUT2D eigenvalue weighted by Gasteiger charge is -2.07. The molecule has 0 unspecified atom stereocenters. The molecule has 1 aromatic heterocycles. The zero-order valence-corrected chi connectivity index (χ0v) is 8.85. The maximum atomic E-state index is 13.6. The zero-order valence-electron chi connectivity index (χ0n) is 8.85. The molecule has 0 amide bonds. The predicted octanol–water partition coefficient (Wildman–Crippen LogP) is 1.48. The summed E-state index contributed by atoms with van der Waals surface area (Å²) in [6.45, 7) is 0.303. The summed E-state index contributed by atoms with van der Waals surface area (Å²) in [5.74, 6) is 0.111. The van der Waals surface area contributed by atoms with Crippen LogP contribution in [0.2, 0.25) is 0 Å². The molecule has 0 atom stereocenters. The molecule has 0 bridgehead atoms. The van der Waals surface area contributed by atoms with Crippen LogP contribution >= 0.6 is 0 Å². The van der Waals surface area contributed by atoms with Crippen LogP contribution in [0, 0.1) is 5.82 Å². The Morgan fingerprint density at radius 2 is 2.19 bits per heavy atom. The SMILES string of the molecule is COc1c(CN)cnn1-c1ccccc1F. The van der Waals surface area contributed by atoms with Gasteiger partial charge in [-0.2, -0.15) is 9.78 Å². The van der Waals surface area contributed by atoms with E-state index in [9.17, 15) is 4.39 Å². The lowest BCUT2D eigenvalue weighted by atomic mass is 10.3. The van der Waals surface area contributed by atoms with Crippen molar-refractivity contribution in [2.45, 2.75) is 6.54 Å². The molecule has 0 aliphatic heterocycles. The average molecular weight is 221 g/mol. The highest BCUT2D eigenvalue weighted by Gasteiger charge is 2.13. The van der Waals surface area contributed by atoms with Gasteiger partial charge in [-0.25, -0.2) is 4.39 Å². The first-order valence-electron chi connectivity index (χ1n) is 4.83. The predicted molar refractivity (Wildman–Crippen MR) is 58.0 cm³/mol. The Morgan fingerprint density at radius 1 is 1.44 bits per heavy atom. The number of hydrogen-bond acceptors (Lipinski definition) is 3. The number of benzene rings is 1. The van der Waals surface area contributed by atoms with Gasteiger partial charge >= 0.3 is 0 Å². The second-order valence-electron chi connectivity index (χ2n) is 3.25. The molecule has 0 saturated heterocycles. The minimum atomic E-state index is -0.354. The first-order chi connectivity index (χ1) is 7.77. The molecule has 84 valence electrons. The van der Waals surface area contributed by atoms with Gasteiger partial charge in [0.1, 0.15) is 11.5 Å². The Labute approximate surface area is 92.4 Å². The Morgan fingerprint density at radius 3 is 2.81 bits per heavy atom. The second kappa shape index (κ2) is 4.32. The third-order valence-electron chi connectivity index (χ3n) is 2.29. The molecule has 2 aromatic rings. The van der Waals surface area contributed by atoms with Crippen molar-refractivity contribution in [1.29, 1.82) is 0 Å². The van der Waals surface area contributed by atoms with Crippen molar-refractivity contribution in [1.82, 2.24) is 9.78 Å². The first-order valence-corrected chi connectivity index (χ1v) is 4.83. The topological polar surface area (TPSA) is 53.1 Å². The first kappa shape index (κ1) is 10.6. The fourth-order valence-corrected chi connectivity index (χ4v) is 1.52. The zero-order chi connectivity index (χ0) is 11.5. The van der Waals surface area contributed by atoms with E-state index in [1.807, 2.05) is 0 Å². The maximum Gasteiger partial charge on any atom is 0.221 e. The molecule has 16 heavy (non-hydrogen) atoms. The van der Waals surface area contributed by atoms with Gasteiger partial charge in [-0.15, -0.1) is 0 Å². The van der Waals surface area contributed by atoms with Gasteiger partial charge in [-0.05, 0) is 12.1 Å². The number of rotatable bonds is 3. The number of nitrogens with zero attached hydrogens (tertiary/aromatic N) is 2. The van der Waals surface area contributed by atoms with Gasteiger partial charge in [0.25, 0.3) is 0 Å². The van der Waals surface area contributed by atoms with E-state index >= 15 is 0 Å². The highest BCUT2D eigenvalue weighted by molar-refractivity contribution is 5.39. The van der Waals surface area contributed by atoms with E-state index in [2.05, 4.69) is 5.10 Å². The summed E-state index contributed by atoms with van der Waals surface area (Å²) in [6, 6.07) is 6.37. The highest BCUT2D eigenvalue weighted by atomic mass is 19.1. The van der Waals surface area contributed by atoms with Crippen molar-refractivity contribution in [3.63, 3.8) is 0 Å². The number of para-hydroxylation sites is 1. The van der Waals surface area contributed by atoms with Crippen LogP contribution in [-0.2, 0) is 6.54 Å². The number of halogens is 1. The Hall–Kier alpha value is -1.88. The fraction of sp³-hybridized carbons (Fsp3) is 0.182. The largest absolute Gasteiger partial charge is 0.481 e. The smallest absolute Gasteiger partial charge is 0.221 e. The van der Waals surface area contributed by atoms with Crippen molar-refractivity contribution in [3.8, 4) is 11.6 Å². The minimum absolute atomic E-state index is 0.303. The van der Waals surface area contributed by atoms with E-state index in [4.69, 9.17) is 10.5 Å². The molecule has 4 nitrogen and oxygen atoms in total. The number of methoxy groups -OCH3 is 1. The van der Waals surface area contributed by atoms with Crippen molar-refractivity contribution < 1.29 is 9.13 Å². The molecule has 0 aliphatic carbocycles. The molecule has 0 saturated carbocycles. The molecule has 2 rings (SSSR count). The summed E-state index contributed by atoms with van der Waals surface area (Å²) in [4.78, 5) is 0. The highest BCUT2D eigenvalue weighted by Crippen LogP contribution is 2.23. The van der Waals surface area contributed by atoms with Gasteiger partial charge in [-0.3, -0.25) is 0 Å². The van der Waals surface area contributed by atoms with Crippen LogP contribution in [0.25, 0.3) is 5.69 Å². The van der Waals surface area contributed by atoms with Crippen LogP contribution in [0.5, 0.6) is 5.88 Å². The molecule has 1 aromatic carbocycles. The molecule has 0 radical (unpaired) electrons. The normalized spacial score (nSPS) is 10.4. The number of hydrogen-bond donors (Lipinski definition) is 1. The van der Waals surface area contributed by atoms with Gasteiger partial charge in [0.05, 0.1) is 13.3 Å². The summed E-state index contributed by atoms with van der Waals surface area (Å²) in [6.07, 6.45) is 1.57. The molecule has 0 fully saturated rings. The van der Waals surface area contributed by atoms with Crippen molar-refractivity contribution in [2.75, 3.05) is 7.11 Å². The number of ether oxygens (including phenoxy) is 1. The summed E-state index contributed by atoms with van der Waals surface area (Å²) in [5.41, 5.74) is 6.62. The Balaban J connectivity index is 2.56. The van der Waals surface area contributed by atoms with Crippen LogP contribution in [-0.4, -0.2) is 16.9 Å². The van der Waals surface area contributed by atoms with E-state index in [0.29, 0.717) is 18.1 Å². The quantitative estimate of drug-likeness (QED) is 0.854. The third kappa shape index (κ3) is 1.65. The second-order valence-corrected chi connectivity index (χ2v) is 3.25. The maximum absolute atomic E-state index is 13.6. The summed E-state index contributed by atoms with van der Waals surface area (Å²) < 4.78 is 20.1. The van der Waals surface area contributed by atoms with Crippen LogP contribution in [0.4, 0.5) is 4.39 Å². The van der Waals surface area contributed by atoms with Gasteiger partial charge in [0.2, 0.25) is 5.88 Å². The van der Waals surface area contributed by atoms with Crippen molar-refractivity contribution in [2.24, 2.45) is 5.73 Å². The molecule has 0 spiro atoms. The minimum Gasteiger partial charge on any atom is -0.481 e. The van der Waals surface area contributed by atoms with Crippen LogP contribution in [0.3, 0.4) is 0 Å². The van der Waals surface area contributed by atoms with Crippen LogP contribution in [0.15, 0.2) is 30.5 Å². The van der Waals surface area contributed by atoms with E-state index < -0.39 is 0 Å². The van der Waals surface area contributed by atoms with Gasteiger partial charge in [0.15, 0.2) is 0 Å². The van der Waals surface area contributed by atoms with E-state index in [1.165, 1.54) is 17.9 Å². The fourth-order valence-electron chi connectivity index (χ4n) is 1.52. The average Bonchev–Trinajstić information content (AvgIpc) is 2.72. The van der Waals surface area contributed by atoms with Gasteiger partial charge < -0.3 is 10.5 Å². The van der Waals surface area contributed by atoms with Crippen molar-refractivity contribution in [3.05, 3.63) is 41.8 Å². The van der Waals surface area contributed by atoms with Crippen LogP contribution < -0.4 is 10.5 Å². The summed E-state index contributed by atoms with van der Waals surface area (Å²) in [5, 5.41) is 4.06. The van der Waals surface area contributed by atoms with Gasteiger partial charge in [-0.1, -0.05) is 12.1 Å². The van der Waals surface area contributed by atoms with Crippen LogP contribution in [0.1, 0.15) is 5.56 Å². The Kier molecular flexibility index (Phi) is 2.87. The van der Waals surface area contributed by atoms with E-state index in [0.717, 1.165) is 5.56 Å². The number of aromatic nitrogens is 2. The Bertz CT molecular complexity index is 496. The summed E-state index contributed by atoms with van der Waals surface area (Å²) in [7, 11) is 1.51. The van der Waals surface area contributed by atoms with Crippen molar-refractivity contribution >= 4 is 0 Å². The lowest BCUT2D eigenvalue weighted by Crippen LogP contribution is -2.04. The summed E-state index contributed by atoms with van der Waals surface area (Å²) >= 11 is 0. The van der Waals surface area contributed by atoms with Gasteiger partial charge in [0, 0.05) is 12.1 Å². The third-order valence-corrected chi connectivity index (χ3v) is 2.29. The lowest BCUT2D eigenvalue weighted by molar-refractivity contribution is 0.377. The number of nitrogens with two attached hydrogens (primary N) is 1. The molecular weight excluding hydrogens is 209 g/mol. The van der Waals surface area contributed by atoms with E-state index in [-0.39, 0.29) is 5.82 Å². The standard InChI is InChI=1S/C11H12FN3O/c1-16-11-8(6-13)7-14-15(11)10-5-3-2-4-9(10)12/h2-5,7H,6,13H2,1H3. The molecule has 2 N–H and O–H groups in total. The monoisotopic (exact) mass is 221 g/mol. The molecule has 0 aliphatic rings. The van der Waals surface area contributed by atoms with E-state index in [1.54, 1.807) is 24.4 Å². The molecular formula is C11H12FN3O.